The molecule has 1 aromatic heterocycles. The summed E-state index contributed by atoms with van der Waals surface area (Å²) in [6, 6.07) is 14.2. The zero-order chi connectivity index (χ0) is 20.9. The molecule has 3 aromatic rings. The average molecular weight is 408 g/mol. The molecule has 2 aromatic carbocycles. The maximum Gasteiger partial charge on any atom is 0.257 e. The number of benzene rings is 2. The van der Waals surface area contributed by atoms with Gasteiger partial charge < -0.3 is 19.4 Å². The van der Waals surface area contributed by atoms with E-state index in [1.54, 1.807) is 47.4 Å². The zero-order valence-corrected chi connectivity index (χ0v) is 16.2. The van der Waals surface area contributed by atoms with E-state index in [2.05, 4.69) is 5.32 Å². The van der Waals surface area contributed by atoms with Crippen molar-refractivity contribution in [3.8, 4) is 11.5 Å². The van der Waals surface area contributed by atoms with Crippen LogP contribution in [-0.2, 0) is 0 Å². The van der Waals surface area contributed by atoms with Crippen LogP contribution in [0.4, 0.5) is 4.39 Å². The van der Waals surface area contributed by atoms with Crippen molar-refractivity contribution in [2.24, 2.45) is 0 Å². The van der Waals surface area contributed by atoms with E-state index in [1.165, 1.54) is 24.7 Å². The molecule has 2 heterocycles. The highest BCUT2D eigenvalue weighted by Crippen LogP contribution is 2.22. The zero-order valence-electron chi connectivity index (χ0n) is 16.2. The predicted molar refractivity (Wildman–Crippen MR) is 108 cm³/mol. The lowest BCUT2D eigenvalue weighted by Gasteiger charge is -2.32. The largest absolute Gasteiger partial charge is 0.472 e. The molecule has 6 nitrogen and oxygen atoms in total. The van der Waals surface area contributed by atoms with Crippen molar-refractivity contribution in [3.63, 3.8) is 0 Å². The predicted octanol–water partition coefficient (Wildman–Crippen LogP) is 4.25. The topological polar surface area (TPSA) is 71.8 Å². The molecule has 7 heteroatoms. The molecule has 2 amide bonds. The Labute approximate surface area is 173 Å². The van der Waals surface area contributed by atoms with Crippen molar-refractivity contribution in [2.45, 2.75) is 18.9 Å². The second-order valence-electron chi connectivity index (χ2n) is 7.13. The van der Waals surface area contributed by atoms with Crippen LogP contribution in [0.5, 0.6) is 11.5 Å². The number of carbonyl (C=O) groups is 2. The molecule has 0 atom stereocenters. The smallest absolute Gasteiger partial charge is 0.257 e. The van der Waals surface area contributed by atoms with E-state index in [1.807, 2.05) is 0 Å². The molecule has 0 unspecified atom stereocenters. The molecule has 0 saturated carbocycles. The molecule has 1 saturated heterocycles. The molecule has 0 spiro atoms. The molecule has 1 aliphatic heterocycles. The number of halogens is 1. The summed E-state index contributed by atoms with van der Waals surface area (Å²) < 4.78 is 23.6. The first-order valence-electron chi connectivity index (χ1n) is 9.74. The fraction of sp³-hybridized carbons (Fsp3) is 0.217. The lowest BCUT2D eigenvalue weighted by molar-refractivity contribution is 0.0697. The van der Waals surface area contributed by atoms with Crippen molar-refractivity contribution in [3.05, 3.63) is 84.1 Å². The van der Waals surface area contributed by atoms with E-state index >= 15 is 0 Å². The monoisotopic (exact) mass is 408 g/mol. The fourth-order valence-corrected chi connectivity index (χ4v) is 3.38. The van der Waals surface area contributed by atoms with E-state index in [9.17, 15) is 14.0 Å². The molecule has 1 N–H and O–H groups in total. The number of amides is 2. The van der Waals surface area contributed by atoms with Crippen LogP contribution in [0.25, 0.3) is 0 Å². The van der Waals surface area contributed by atoms with Gasteiger partial charge in [-0.15, -0.1) is 0 Å². The molecule has 0 bridgehead atoms. The van der Waals surface area contributed by atoms with Crippen LogP contribution in [0.2, 0.25) is 0 Å². The van der Waals surface area contributed by atoms with Crippen LogP contribution in [0.3, 0.4) is 0 Å². The molecule has 4 rings (SSSR count). The summed E-state index contributed by atoms with van der Waals surface area (Å²) in [5.41, 5.74) is 1.07. The first kappa shape index (κ1) is 19.7. The summed E-state index contributed by atoms with van der Waals surface area (Å²) >= 11 is 0. The van der Waals surface area contributed by atoms with Crippen molar-refractivity contribution < 1.29 is 23.1 Å². The number of nitrogens with zero attached hydrogens (tertiary/aromatic N) is 1. The summed E-state index contributed by atoms with van der Waals surface area (Å²) in [6.07, 6.45) is 4.32. The van der Waals surface area contributed by atoms with Gasteiger partial charge in [0.05, 0.1) is 11.8 Å². The normalized spacial score (nSPS) is 14.4. The minimum absolute atomic E-state index is 0.0149. The number of piperidine rings is 1. The number of rotatable bonds is 5. The Hall–Kier alpha value is -3.61. The van der Waals surface area contributed by atoms with Crippen molar-refractivity contribution in [2.75, 3.05) is 13.1 Å². The number of furan rings is 1. The average Bonchev–Trinajstić information content (AvgIpc) is 3.31. The minimum Gasteiger partial charge on any atom is -0.472 e. The first-order chi connectivity index (χ1) is 14.6. The third-order valence-electron chi connectivity index (χ3n) is 5.05. The molecular formula is C23H21FN2O4. The van der Waals surface area contributed by atoms with Crippen molar-refractivity contribution >= 4 is 11.8 Å². The van der Waals surface area contributed by atoms with Gasteiger partial charge in [-0.3, -0.25) is 9.59 Å². The van der Waals surface area contributed by atoms with Crippen molar-refractivity contribution in [1.82, 2.24) is 10.2 Å². The molecule has 1 fully saturated rings. The van der Waals surface area contributed by atoms with Crippen molar-refractivity contribution in [1.29, 1.82) is 0 Å². The Morgan fingerprint density at radius 1 is 0.933 bits per heavy atom. The summed E-state index contributed by atoms with van der Waals surface area (Å²) in [5, 5.41) is 3.03. The van der Waals surface area contributed by atoms with Crippen LogP contribution in [0.15, 0.2) is 71.5 Å². The highest BCUT2D eigenvalue weighted by molar-refractivity contribution is 5.95. The number of hydrogen-bond acceptors (Lipinski definition) is 4. The molecule has 30 heavy (non-hydrogen) atoms. The van der Waals surface area contributed by atoms with Gasteiger partial charge in [-0.1, -0.05) is 0 Å². The Morgan fingerprint density at radius 2 is 1.57 bits per heavy atom. The molecule has 1 aliphatic rings. The molecule has 154 valence electrons. The van der Waals surface area contributed by atoms with Crippen LogP contribution < -0.4 is 10.1 Å². The first-order valence-corrected chi connectivity index (χ1v) is 9.74. The van der Waals surface area contributed by atoms with Gasteiger partial charge in [0.25, 0.3) is 11.8 Å². The maximum absolute atomic E-state index is 13.0. The van der Waals surface area contributed by atoms with Crippen LogP contribution in [-0.4, -0.2) is 35.8 Å². The molecular weight excluding hydrogens is 387 g/mol. The quantitative estimate of drug-likeness (QED) is 0.685. The molecule has 0 radical (unpaired) electrons. The van der Waals surface area contributed by atoms with Gasteiger partial charge >= 0.3 is 0 Å². The fourth-order valence-electron chi connectivity index (χ4n) is 3.38. The summed E-state index contributed by atoms with van der Waals surface area (Å²) in [5.74, 6) is 0.536. The van der Waals surface area contributed by atoms with E-state index < -0.39 is 0 Å². The lowest BCUT2D eigenvalue weighted by atomic mass is 10.0. The maximum atomic E-state index is 13.0. The van der Waals surface area contributed by atoms with Crippen LogP contribution in [0.1, 0.15) is 33.6 Å². The number of carbonyl (C=O) groups excluding carboxylic acids is 2. The number of hydrogen-bond donors (Lipinski definition) is 1. The van der Waals surface area contributed by atoms with Gasteiger partial charge in [0, 0.05) is 24.7 Å². The van der Waals surface area contributed by atoms with Gasteiger partial charge in [-0.25, -0.2) is 4.39 Å². The number of ether oxygens (including phenoxy) is 1. The Morgan fingerprint density at radius 3 is 2.17 bits per heavy atom. The molecule has 0 aliphatic carbocycles. The summed E-state index contributed by atoms with van der Waals surface area (Å²) in [4.78, 5) is 26.6. The van der Waals surface area contributed by atoms with Gasteiger partial charge in [0.1, 0.15) is 23.6 Å². The van der Waals surface area contributed by atoms with Gasteiger partial charge in [-0.2, -0.15) is 0 Å². The number of likely N-dealkylation sites (tertiary alicyclic amines) is 1. The van der Waals surface area contributed by atoms with Gasteiger partial charge in [0.2, 0.25) is 0 Å². The lowest BCUT2D eigenvalue weighted by Crippen LogP contribution is -2.46. The summed E-state index contributed by atoms with van der Waals surface area (Å²) in [7, 11) is 0. The standard InChI is InChI=1S/C23H21FN2O4/c24-18-3-7-21(8-4-18)30-20-5-1-16(2-6-20)22(27)25-19-9-12-26(13-10-19)23(28)17-11-14-29-15-17/h1-8,11,14-15,19H,9-10,12-13H2,(H,25,27). The Kier molecular flexibility index (Phi) is 5.79. The third kappa shape index (κ3) is 4.68. The third-order valence-corrected chi connectivity index (χ3v) is 5.05. The van der Waals surface area contributed by atoms with E-state index in [0.29, 0.717) is 48.6 Å². The van der Waals surface area contributed by atoms with E-state index in [-0.39, 0.29) is 23.7 Å². The van der Waals surface area contributed by atoms with E-state index in [4.69, 9.17) is 9.15 Å². The van der Waals surface area contributed by atoms with Gasteiger partial charge in [-0.05, 0) is 67.4 Å². The van der Waals surface area contributed by atoms with Crippen LogP contribution >= 0.6 is 0 Å². The second-order valence-corrected chi connectivity index (χ2v) is 7.13. The number of nitrogens with one attached hydrogen (secondary N) is 1. The summed E-state index contributed by atoms with van der Waals surface area (Å²) in [6.45, 7) is 1.17. The van der Waals surface area contributed by atoms with Gasteiger partial charge in [0.15, 0.2) is 0 Å². The highest BCUT2D eigenvalue weighted by atomic mass is 19.1. The Bertz CT molecular complexity index is 993. The Balaban J connectivity index is 1.28. The highest BCUT2D eigenvalue weighted by Gasteiger charge is 2.25. The minimum atomic E-state index is -0.328. The van der Waals surface area contributed by atoms with Crippen LogP contribution in [0, 0.1) is 5.82 Å². The SMILES string of the molecule is O=C(NC1CCN(C(=O)c2ccoc2)CC1)c1ccc(Oc2ccc(F)cc2)cc1. The second kappa shape index (κ2) is 8.82. The van der Waals surface area contributed by atoms with E-state index in [0.717, 1.165) is 0 Å².